The molecule has 4 rings (SSSR count). The Bertz CT molecular complexity index is 887. The third-order valence-corrected chi connectivity index (χ3v) is 4.70. The Hall–Kier alpha value is -2.73. The SMILES string of the molecule is O=C(NCc1nc(-c2cccnc2)n[nH]1)C1(c2ccc(Cl)cc2)CC1. The number of H-pyrrole nitrogens is 1. The number of amides is 1. The van der Waals surface area contributed by atoms with Crippen LogP contribution < -0.4 is 5.32 Å². The average molecular weight is 354 g/mol. The van der Waals surface area contributed by atoms with E-state index in [1.54, 1.807) is 12.4 Å². The zero-order valence-corrected chi connectivity index (χ0v) is 14.1. The van der Waals surface area contributed by atoms with Crippen molar-refractivity contribution in [1.82, 2.24) is 25.5 Å². The summed E-state index contributed by atoms with van der Waals surface area (Å²) < 4.78 is 0. The summed E-state index contributed by atoms with van der Waals surface area (Å²) in [5, 5.41) is 10.7. The summed E-state index contributed by atoms with van der Waals surface area (Å²) in [5.41, 5.74) is 1.40. The second-order valence-electron chi connectivity index (χ2n) is 6.12. The number of aromatic amines is 1. The van der Waals surface area contributed by atoms with Gasteiger partial charge in [0, 0.05) is 23.0 Å². The van der Waals surface area contributed by atoms with E-state index < -0.39 is 5.41 Å². The first-order chi connectivity index (χ1) is 12.2. The summed E-state index contributed by atoms with van der Waals surface area (Å²) >= 11 is 5.93. The van der Waals surface area contributed by atoms with Gasteiger partial charge in [-0.2, -0.15) is 5.10 Å². The zero-order valence-electron chi connectivity index (χ0n) is 13.4. The second kappa shape index (κ2) is 6.29. The molecule has 0 saturated heterocycles. The lowest BCUT2D eigenvalue weighted by Gasteiger charge is -2.15. The first-order valence-corrected chi connectivity index (χ1v) is 8.41. The number of carbonyl (C=O) groups is 1. The number of hydrogen-bond acceptors (Lipinski definition) is 4. The van der Waals surface area contributed by atoms with Gasteiger partial charge >= 0.3 is 0 Å². The van der Waals surface area contributed by atoms with Gasteiger partial charge in [0.1, 0.15) is 5.82 Å². The van der Waals surface area contributed by atoms with Gasteiger partial charge in [-0.05, 0) is 42.7 Å². The number of aromatic nitrogens is 4. The van der Waals surface area contributed by atoms with Gasteiger partial charge in [-0.1, -0.05) is 23.7 Å². The maximum atomic E-state index is 12.6. The van der Waals surface area contributed by atoms with Gasteiger partial charge in [0.25, 0.3) is 0 Å². The molecule has 2 N–H and O–H groups in total. The Morgan fingerprint density at radius 1 is 1.24 bits per heavy atom. The molecule has 3 aromatic rings. The molecular formula is C18H16ClN5O. The largest absolute Gasteiger partial charge is 0.348 e. The van der Waals surface area contributed by atoms with Crippen LogP contribution in [-0.2, 0) is 16.8 Å². The molecule has 0 spiro atoms. The van der Waals surface area contributed by atoms with Gasteiger partial charge in [0.2, 0.25) is 5.91 Å². The van der Waals surface area contributed by atoms with Crippen LogP contribution in [0.15, 0.2) is 48.8 Å². The Balaban J connectivity index is 1.43. The van der Waals surface area contributed by atoms with Gasteiger partial charge in [-0.3, -0.25) is 14.9 Å². The van der Waals surface area contributed by atoms with E-state index in [1.165, 1.54) is 0 Å². The summed E-state index contributed by atoms with van der Waals surface area (Å²) in [6, 6.07) is 11.2. The van der Waals surface area contributed by atoms with Crippen LogP contribution in [0, 0.1) is 0 Å². The molecule has 0 atom stereocenters. The molecule has 126 valence electrons. The maximum absolute atomic E-state index is 12.6. The first kappa shape index (κ1) is 15.8. The summed E-state index contributed by atoms with van der Waals surface area (Å²) in [7, 11) is 0. The van der Waals surface area contributed by atoms with E-state index in [0.29, 0.717) is 23.2 Å². The number of nitrogens with one attached hydrogen (secondary N) is 2. The van der Waals surface area contributed by atoms with Crippen molar-refractivity contribution in [3.05, 3.63) is 65.2 Å². The van der Waals surface area contributed by atoms with E-state index in [1.807, 2.05) is 36.4 Å². The molecule has 6 nitrogen and oxygen atoms in total. The van der Waals surface area contributed by atoms with Crippen LogP contribution in [0.2, 0.25) is 5.02 Å². The fraction of sp³-hybridized carbons (Fsp3) is 0.222. The summed E-state index contributed by atoms with van der Waals surface area (Å²) in [6.07, 6.45) is 5.09. The number of pyridine rings is 1. The van der Waals surface area contributed by atoms with Crippen molar-refractivity contribution in [3.63, 3.8) is 0 Å². The van der Waals surface area contributed by atoms with Crippen LogP contribution in [0.5, 0.6) is 0 Å². The first-order valence-electron chi connectivity index (χ1n) is 8.03. The molecule has 1 fully saturated rings. The predicted octanol–water partition coefficient (Wildman–Crippen LogP) is 2.87. The van der Waals surface area contributed by atoms with Crippen LogP contribution in [0.1, 0.15) is 24.2 Å². The molecular weight excluding hydrogens is 338 g/mol. The number of rotatable bonds is 5. The highest BCUT2D eigenvalue weighted by atomic mass is 35.5. The van der Waals surface area contributed by atoms with E-state index in [4.69, 9.17) is 11.6 Å². The Morgan fingerprint density at radius 3 is 2.72 bits per heavy atom. The van der Waals surface area contributed by atoms with E-state index in [0.717, 1.165) is 24.0 Å². The molecule has 0 bridgehead atoms. The highest BCUT2D eigenvalue weighted by Crippen LogP contribution is 2.48. The minimum absolute atomic E-state index is 0.00847. The van der Waals surface area contributed by atoms with Crippen molar-refractivity contribution in [3.8, 4) is 11.4 Å². The molecule has 0 aliphatic heterocycles. The summed E-state index contributed by atoms with van der Waals surface area (Å²) in [5.74, 6) is 1.18. The molecule has 2 heterocycles. The molecule has 1 saturated carbocycles. The van der Waals surface area contributed by atoms with Crippen LogP contribution >= 0.6 is 11.6 Å². The normalized spacial score (nSPS) is 14.9. The van der Waals surface area contributed by atoms with Crippen molar-refractivity contribution >= 4 is 17.5 Å². The Kier molecular flexibility index (Phi) is 3.97. The number of nitrogens with zero attached hydrogens (tertiary/aromatic N) is 3. The molecule has 1 aromatic carbocycles. The quantitative estimate of drug-likeness (QED) is 0.738. The maximum Gasteiger partial charge on any atom is 0.231 e. The Labute approximate surface area is 149 Å². The lowest BCUT2D eigenvalue weighted by atomic mass is 9.95. The third kappa shape index (κ3) is 3.13. The molecule has 0 unspecified atom stereocenters. The lowest BCUT2D eigenvalue weighted by molar-refractivity contribution is -0.123. The molecule has 0 radical (unpaired) electrons. The number of hydrogen-bond donors (Lipinski definition) is 2. The van der Waals surface area contributed by atoms with Crippen LogP contribution in [0.3, 0.4) is 0 Å². The van der Waals surface area contributed by atoms with Crippen molar-refractivity contribution < 1.29 is 4.79 Å². The summed E-state index contributed by atoms with van der Waals surface area (Å²) in [6.45, 7) is 0.307. The fourth-order valence-electron chi connectivity index (χ4n) is 2.87. The van der Waals surface area contributed by atoms with Crippen LogP contribution in [-0.4, -0.2) is 26.1 Å². The predicted molar refractivity (Wildman–Crippen MR) is 93.8 cm³/mol. The average Bonchev–Trinajstić information content (AvgIpc) is 3.32. The van der Waals surface area contributed by atoms with E-state index in [9.17, 15) is 4.79 Å². The van der Waals surface area contributed by atoms with Crippen molar-refractivity contribution in [1.29, 1.82) is 0 Å². The lowest BCUT2D eigenvalue weighted by Crippen LogP contribution is -2.34. The molecule has 1 aliphatic carbocycles. The van der Waals surface area contributed by atoms with Crippen molar-refractivity contribution in [2.75, 3.05) is 0 Å². The molecule has 1 aliphatic rings. The number of benzene rings is 1. The minimum atomic E-state index is -0.434. The van der Waals surface area contributed by atoms with E-state index in [-0.39, 0.29) is 5.91 Å². The fourth-order valence-corrected chi connectivity index (χ4v) is 3.00. The molecule has 7 heteroatoms. The molecule has 25 heavy (non-hydrogen) atoms. The summed E-state index contributed by atoms with van der Waals surface area (Å²) in [4.78, 5) is 21.1. The highest BCUT2D eigenvalue weighted by Gasteiger charge is 2.51. The smallest absolute Gasteiger partial charge is 0.231 e. The highest BCUT2D eigenvalue weighted by molar-refractivity contribution is 6.30. The molecule has 2 aromatic heterocycles. The van der Waals surface area contributed by atoms with Crippen LogP contribution in [0.25, 0.3) is 11.4 Å². The second-order valence-corrected chi connectivity index (χ2v) is 6.56. The van der Waals surface area contributed by atoms with Crippen molar-refractivity contribution in [2.45, 2.75) is 24.8 Å². The van der Waals surface area contributed by atoms with Gasteiger partial charge in [-0.15, -0.1) is 0 Å². The van der Waals surface area contributed by atoms with E-state index >= 15 is 0 Å². The zero-order chi connectivity index (χ0) is 17.3. The van der Waals surface area contributed by atoms with Gasteiger partial charge in [-0.25, -0.2) is 4.98 Å². The Morgan fingerprint density at radius 2 is 2.04 bits per heavy atom. The van der Waals surface area contributed by atoms with Crippen LogP contribution in [0.4, 0.5) is 0 Å². The molecule has 1 amide bonds. The number of carbonyl (C=O) groups excluding carboxylic acids is 1. The number of halogens is 1. The van der Waals surface area contributed by atoms with Gasteiger partial charge in [0.05, 0.1) is 12.0 Å². The monoisotopic (exact) mass is 353 g/mol. The van der Waals surface area contributed by atoms with Crippen molar-refractivity contribution in [2.24, 2.45) is 0 Å². The topological polar surface area (TPSA) is 83.6 Å². The van der Waals surface area contributed by atoms with E-state index in [2.05, 4.69) is 25.5 Å². The third-order valence-electron chi connectivity index (χ3n) is 4.45. The standard InChI is InChI=1S/C18H16ClN5O/c19-14-5-3-13(4-6-14)18(7-8-18)17(25)21-11-15-22-16(24-23-15)12-2-1-9-20-10-12/h1-6,9-10H,7-8,11H2,(H,21,25)(H,22,23,24). The van der Waals surface area contributed by atoms with Gasteiger partial charge < -0.3 is 5.32 Å². The van der Waals surface area contributed by atoms with Gasteiger partial charge in [0.15, 0.2) is 5.82 Å². The minimum Gasteiger partial charge on any atom is -0.348 e.